The molecule has 1 heterocycles. The molecular formula is C19H18O2S. The van der Waals surface area contributed by atoms with Gasteiger partial charge in [-0.2, -0.15) is 0 Å². The summed E-state index contributed by atoms with van der Waals surface area (Å²) in [6.45, 7) is 0. The molecular weight excluding hydrogens is 292 g/mol. The summed E-state index contributed by atoms with van der Waals surface area (Å²) in [5, 5.41) is 0. The second-order valence-corrected chi connectivity index (χ2v) is 6.93. The predicted molar refractivity (Wildman–Crippen MR) is 91.0 cm³/mol. The van der Waals surface area contributed by atoms with Gasteiger partial charge in [-0.1, -0.05) is 54.6 Å². The van der Waals surface area contributed by atoms with E-state index in [9.17, 15) is 0 Å². The third kappa shape index (κ3) is 1.76. The zero-order chi connectivity index (χ0) is 15.2. The molecule has 112 valence electrons. The lowest BCUT2D eigenvalue weighted by Gasteiger charge is -2.41. The molecule has 1 aliphatic carbocycles. The minimum absolute atomic E-state index is 0.00583. The Labute approximate surface area is 135 Å². The quantitative estimate of drug-likeness (QED) is 0.775. The molecule has 0 bridgehead atoms. The highest BCUT2D eigenvalue weighted by Crippen LogP contribution is 2.60. The monoisotopic (exact) mass is 310 g/mol. The van der Waals surface area contributed by atoms with Crippen LogP contribution in [0.1, 0.15) is 11.1 Å². The normalized spacial score (nSPS) is 24.3. The number of rotatable bonds is 2. The molecule has 0 saturated heterocycles. The van der Waals surface area contributed by atoms with Crippen molar-refractivity contribution in [3.8, 4) is 11.1 Å². The Morgan fingerprint density at radius 2 is 1.41 bits per heavy atom. The van der Waals surface area contributed by atoms with E-state index < -0.39 is 0 Å². The first-order chi connectivity index (χ1) is 10.8. The van der Waals surface area contributed by atoms with Gasteiger partial charge in [-0.3, -0.25) is 0 Å². The van der Waals surface area contributed by atoms with Gasteiger partial charge in [-0.15, -0.1) is 11.8 Å². The van der Waals surface area contributed by atoms with E-state index in [4.69, 9.17) is 9.47 Å². The molecule has 0 saturated carbocycles. The molecule has 2 aromatic carbocycles. The van der Waals surface area contributed by atoms with E-state index in [2.05, 4.69) is 60.7 Å². The van der Waals surface area contributed by atoms with Gasteiger partial charge in [-0.25, -0.2) is 0 Å². The number of benzene rings is 2. The van der Waals surface area contributed by atoms with E-state index in [0.29, 0.717) is 0 Å². The Morgan fingerprint density at radius 3 is 1.95 bits per heavy atom. The molecule has 2 aliphatic rings. The van der Waals surface area contributed by atoms with Crippen molar-refractivity contribution < 1.29 is 9.47 Å². The van der Waals surface area contributed by atoms with Crippen LogP contribution < -0.4 is 0 Å². The van der Waals surface area contributed by atoms with Crippen molar-refractivity contribution in [2.45, 2.75) is 16.3 Å². The molecule has 1 aliphatic heterocycles. The second-order valence-electron chi connectivity index (χ2n) is 5.59. The average molecular weight is 310 g/mol. The minimum atomic E-state index is -0.239. The van der Waals surface area contributed by atoms with Gasteiger partial charge in [0.15, 0.2) is 0 Å². The summed E-state index contributed by atoms with van der Waals surface area (Å²) in [7, 11) is 3.55. The standard InChI is InChI=1S/C19H18O2S/c1-20-17-11-12-18(21-2)22-19(17)15-9-5-3-7-13(15)14-8-4-6-10-16(14)19/h3-12,17-18H,1-2H3. The van der Waals surface area contributed by atoms with Crippen LogP contribution in [0.15, 0.2) is 60.7 Å². The van der Waals surface area contributed by atoms with E-state index in [0.717, 1.165) is 0 Å². The molecule has 2 atom stereocenters. The number of methoxy groups -OCH3 is 2. The average Bonchev–Trinajstić information content (AvgIpc) is 2.86. The SMILES string of the molecule is COC1C=CC(OC)C2(S1)c1ccccc1-c1ccccc12. The summed E-state index contributed by atoms with van der Waals surface area (Å²) >= 11 is 1.83. The van der Waals surface area contributed by atoms with Crippen molar-refractivity contribution in [2.24, 2.45) is 0 Å². The van der Waals surface area contributed by atoms with Crippen molar-refractivity contribution in [1.29, 1.82) is 0 Å². The van der Waals surface area contributed by atoms with Crippen molar-refractivity contribution in [2.75, 3.05) is 14.2 Å². The van der Waals surface area contributed by atoms with Crippen LogP contribution in [-0.2, 0) is 14.2 Å². The van der Waals surface area contributed by atoms with E-state index in [1.165, 1.54) is 22.3 Å². The Bertz CT molecular complexity index is 692. The molecule has 2 nitrogen and oxygen atoms in total. The lowest BCUT2D eigenvalue weighted by molar-refractivity contribution is 0.110. The maximum absolute atomic E-state index is 5.87. The van der Waals surface area contributed by atoms with Gasteiger partial charge in [0, 0.05) is 14.2 Å². The fraction of sp³-hybridized carbons (Fsp3) is 0.263. The fourth-order valence-corrected chi connectivity index (χ4v) is 5.20. The van der Waals surface area contributed by atoms with Crippen molar-refractivity contribution >= 4 is 11.8 Å². The lowest BCUT2D eigenvalue weighted by Crippen LogP contribution is -2.40. The highest BCUT2D eigenvalue weighted by molar-refractivity contribution is 8.01. The third-order valence-corrected chi connectivity index (χ3v) is 6.20. The maximum atomic E-state index is 5.87. The van der Waals surface area contributed by atoms with E-state index in [1.54, 1.807) is 14.2 Å². The molecule has 2 unspecified atom stereocenters. The van der Waals surface area contributed by atoms with Crippen LogP contribution in [-0.4, -0.2) is 25.8 Å². The Kier molecular flexibility index (Phi) is 3.37. The van der Waals surface area contributed by atoms with Crippen molar-refractivity contribution in [1.82, 2.24) is 0 Å². The lowest BCUT2D eigenvalue weighted by atomic mass is 9.89. The Balaban J connectivity index is 2.02. The van der Waals surface area contributed by atoms with Crippen LogP contribution >= 0.6 is 11.8 Å². The predicted octanol–water partition coefficient (Wildman–Crippen LogP) is 4.20. The van der Waals surface area contributed by atoms with Gasteiger partial charge < -0.3 is 9.47 Å². The van der Waals surface area contributed by atoms with Crippen LogP contribution in [0.3, 0.4) is 0 Å². The molecule has 0 fully saturated rings. The summed E-state index contributed by atoms with van der Waals surface area (Å²) in [6.07, 6.45) is 4.23. The van der Waals surface area contributed by atoms with Crippen LogP contribution in [0.4, 0.5) is 0 Å². The zero-order valence-electron chi connectivity index (χ0n) is 12.7. The van der Waals surface area contributed by atoms with Gasteiger partial charge in [0.05, 0.1) is 10.9 Å². The van der Waals surface area contributed by atoms with Crippen LogP contribution in [0.25, 0.3) is 11.1 Å². The first kappa shape index (κ1) is 14.1. The smallest absolute Gasteiger partial charge is 0.122 e. The number of hydrogen-bond donors (Lipinski definition) is 0. The van der Waals surface area contributed by atoms with E-state index in [1.807, 2.05) is 11.8 Å². The maximum Gasteiger partial charge on any atom is 0.122 e. The summed E-state index contributed by atoms with van der Waals surface area (Å²) in [4.78, 5) is 0. The van der Waals surface area contributed by atoms with Gasteiger partial charge in [0.2, 0.25) is 0 Å². The Morgan fingerprint density at radius 1 is 0.818 bits per heavy atom. The second kappa shape index (κ2) is 5.27. The largest absolute Gasteiger partial charge is 0.375 e. The van der Waals surface area contributed by atoms with Gasteiger partial charge in [-0.05, 0) is 28.3 Å². The van der Waals surface area contributed by atoms with Gasteiger partial charge in [0.1, 0.15) is 5.44 Å². The van der Waals surface area contributed by atoms with Crippen LogP contribution in [0, 0.1) is 0 Å². The molecule has 2 aromatic rings. The summed E-state index contributed by atoms with van der Waals surface area (Å²) in [5.74, 6) is 0. The number of ether oxygens (including phenoxy) is 2. The van der Waals surface area contributed by atoms with E-state index in [-0.39, 0.29) is 16.3 Å². The third-order valence-electron chi connectivity index (χ3n) is 4.58. The number of thioether (sulfide) groups is 1. The van der Waals surface area contributed by atoms with Crippen molar-refractivity contribution in [3.05, 3.63) is 71.8 Å². The summed E-state index contributed by atoms with van der Waals surface area (Å²) in [6, 6.07) is 17.3. The number of fused-ring (bicyclic) bond motifs is 5. The molecule has 3 heteroatoms. The minimum Gasteiger partial charge on any atom is -0.375 e. The fourth-order valence-electron chi connectivity index (χ4n) is 3.65. The molecule has 0 radical (unpaired) electrons. The highest BCUT2D eigenvalue weighted by Gasteiger charge is 2.51. The zero-order valence-corrected chi connectivity index (χ0v) is 13.5. The van der Waals surface area contributed by atoms with Gasteiger partial charge >= 0.3 is 0 Å². The molecule has 1 spiro atoms. The first-order valence-electron chi connectivity index (χ1n) is 7.42. The summed E-state index contributed by atoms with van der Waals surface area (Å²) < 4.78 is 11.3. The van der Waals surface area contributed by atoms with Crippen molar-refractivity contribution in [3.63, 3.8) is 0 Å². The highest BCUT2D eigenvalue weighted by atomic mass is 32.2. The first-order valence-corrected chi connectivity index (χ1v) is 8.30. The van der Waals surface area contributed by atoms with Crippen LogP contribution in [0.2, 0.25) is 0 Å². The van der Waals surface area contributed by atoms with Crippen LogP contribution in [0.5, 0.6) is 0 Å². The molecule has 4 rings (SSSR count). The molecule has 0 aromatic heterocycles. The van der Waals surface area contributed by atoms with E-state index >= 15 is 0 Å². The molecule has 0 N–H and O–H groups in total. The molecule has 0 amide bonds. The topological polar surface area (TPSA) is 18.5 Å². The number of hydrogen-bond acceptors (Lipinski definition) is 3. The molecule has 22 heavy (non-hydrogen) atoms. The summed E-state index contributed by atoms with van der Waals surface area (Å²) in [5.41, 5.74) is 5.28. The Hall–Kier alpha value is -1.55. The van der Waals surface area contributed by atoms with Gasteiger partial charge in [0.25, 0.3) is 0 Å².